The summed E-state index contributed by atoms with van der Waals surface area (Å²) in [5, 5.41) is 3.61. The molecule has 0 heterocycles. The smallest absolute Gasteiger partial charge is 0.241 e. The van der Waals surface area contributed by atoms with Crippen LogP contribution in [-0.2, 0) is 16.4 Å². The van der Waals surface area contributed by atoms with Gasteiger partial charge in [0.15, 0.2) is 0 Å². The van der Waals surface area contributed by atoms with Gasteiger partial charge in [0.1, 0.15) is 0 Å². The van der Waals surface area contributed by atoms with Crippen LogP contribution in [0.25, 0.3) is 0 Å². The molecule has 4 aromatic rings. The van der Waals surface area contributed by atoms with Crippen LogP contribution < -0.4 is 10.0 Å². The normalized spacial score (nSPS) is 12.8. The van der Waals surface area contributed by atoms with Gasteiger partial charge in [0.25, 0.3) is 0 Å². The van der Waals surface area contributed by atoms with Crippen molar-refractivity contribution in [3.8, 4) is 0 Å². The Balaban J connectivity index is 1.61. The van der Waals surface area contributed by atoms with Crippen LogP contribution in [-0.4, -0.2) is 15.0 Å². The van der Waals surface area contributed by atoms with Gasteiger partial charge in [0, 0.05) is 5.56 Å². The van der Waals surface area contributed by atoms with E-state index in [0.717, 1.165) is 35.1 Å². The van der Waals surface area contributed by atoms with Gasteiger partial charge in [-0.25, -0.2) is 13.1 Å². The first kappa shape index (κ1) is 24.5. The van der Waals surface area contributed by atoms with Crippen molar-refractivity contribution in [3.05, 3.63) is 138 Å². The Morgan fingerprint density at radius 1 is 0.771 bits per heavy atom. The Bertz CT molecular complexity index is 1280. The molecule has 2 N–H and O–H groups in total. The van der Waals surface area contributed by atoms with Gasteiger partial charge in [0.05, 0.1) is 23.0 Å². The molecule has 175 valence electrons. The number of hydrogen-bond acceptors (Lipinski definition) is 3. The molecule has 4 rings (SSSR count). The average Bonchev–Trinajstić information content (AvgIpc) is 2.89. The van der Waals surface area contributed by atoms with Gasteiger partial charge in [-0.15, -0.1) is 0 Å². The second kappa shape index (κ2) is 11.7. The van der Waals surface area contributed by atoms with E-state index < -0.39 is 16.1 Å². The SMILES string of the molecule is Cc1ccc(S(=O)(=O)N[C@H](c2ccccc2)[C@H](NCCCc2[c]c#cc#c2)c2ccccc2)cc1. The van der Waals surface area contributed by atoms with Crippen LogP contribution in [0.4, 0.5) is 0 Å². The van der Waals surface area contributed by atoms with E-state index in [1.807, 2.05) is 79.7 Å². The van der Waals surface area contributed by atoms with E-state index in [2.05, 4.69) is 40.4 Å². The lowest BCUT2D eigenvalue weighted by molar-refractivity contribution is 0.420. The van der Waals surface area contributed by atoms with E-state index in [9.17, 15) is 8.42 Å². The highest BCUT2D eigenvalue weighted by atomic mass is 32.2. The Kier molecular flexibility index (Phi) is 8.19. The van der Waals surface area contributed by atoms with E-state index >= 15 is 0 Å². The summed E-state index contributed by atoms with van der Waals surface area (Å²) in [6.45, 7) is 2.61. The molecule has 0 aliphatic heterocycles. The number of sulfonamides is 1. The lowest BCUT2D eigenvalue weighted by Crippen LogP contribution is -2.39. The monoisotopic (exact) mass is 479 g/mol. The summed E-state index contributed by atoms with van der Waals surface area (Å²) in [5.74, 6) is 0. The third-order valence-electron chi connectivity index (χ3n) is 5.78. The molecule has 0 unspecified atom stereocenters. The molecule has 1 radical (unpaired) electrons. The quantitative estimate of drug-likeness (QED) is 0.298. The van der Waals surface area contributed by atoms with E-state index in [4.69, 9.17) is 0 Å². The summed E-state index contributed by atoms with van der Waals surface area (Å²) in [4.78, 5) is 0.246. The van der Waals surface area contributed by atoms with E-state index in [1.165, 1.54) is 0 Å². The van der Waals surface area contributed by atoms with Crippen molar-refractivity contribution in [1.82, 2.24) is 10.0 Å². The molecule has 0 aliphatic carbocycles. The molecule has 0 amide bonds. The highest BCUT2D eigenvalue weighted by Gasteiger charge is 2.29. The van der Waals surface area contributed by atoms with Crippen molar-refractivity contribution >= 4 is 10.0 Å². The van der Waals surface area contributed by atoms with Crippen LogP contribution in [0.2, 0.25) is 0 Å². The summed E-state index contributed by atoms with van der Waals surface area (Å²) in [6, 6.07) is 40.0. The minimum Gasteiger partial charge on any atom is -0.308 e. The van der Waals surface area contributed by atoms with Crippen LogP contribution in [0.5, 0.6) is 0 Å². The maximum absolute atomic E-state index is 13.4. The standard InChI is InChI=1S/C30H27N2O2S/c1-24-19-21-28(22-20-24)35(33,34)32-30(27-17-9-4-10-18-27)29(26-15-7-3-8-16-26)31-23-11-14-25-12-5-2-6-13-25/h3-4,7-10,15-22,29-32H,11,14,23H2,1H3/t29-,30-/m1/s1. The summed E-state index contributed by atoms with van der Waals surface area (Å²) in [7, 11) is -3.76. The van der Waals surface area contributed by atoms with Gasteiger partial charge in [-0.2, -0.15) is 0 Å². The molecule has 0 bridgehead atoms. The number of benzene rings is 3. The summed E-state index contributed by atoms with van der Waals surface area (Å²) in [6.07, 6.45) is 1.59. The molecule has 0 saturated carbocycles. The molecule has 0 saturated heterocycles. The van der Waals surface area contributed by atoms with Crippen molar-refractivity contribution in [3.63, 3.8) is 0 Å². The fraction of sp³-hybridized carbons (Fsp3) is 0.200. The highest BCUT2D eigenvalue weighted by molar-refractivity contribution is 7.89. The van der Waals surface area contributed by atoms with Crippen molar-refractivity contribution in [2.75, 3.05) is 6.54 Å². The molecular formula is C30H27N2O2S. The molecule has 4 nitrogen and oxygen atoms in total. The van der Waals surface area contributed by atoms with Gasteiger partial charge in [0.2, 0.25) is 10.0 Å². The zero-order valence-electron chi connectivity index (χ0n) is 19.6. The topological polar surface area (TPSA) is 58.2 Å². The Labute approximate surface area is 209 Å². The zero-order chi connectivity index (χ0) is 24.5. The van der Waals surface area contributed by atoms with Gasteiger partial charge < -0.3 is 5.32 Å². The van der Waals surface area contributed by atoms with Crippen LogP contribution in [0.1, 0.15) is 40.8 Å². The molecule has 5 heteroatoms. The van der Waals surface area contributed by atoms with Crippen molar-refractivity contribution in [2.45, 2.75) is 36.7 Å². The fourth-order valence-electron chi connectivity index (χ4n) is 3.95. The van der Waals surface area contributed by atoms with Crippen LogP contribution in [0.15, 0.2) is 89.8 Å². The van der Waals surface area contributed by atoms with Gasteiger partial charge in [-0.05, 0) is 61.7 Å². The molecule has 0 fully saturated rings. The Hall–Kier alpha value is -3.61. The summed E-state index contributed by atoms with van der Waals surface area (Å²) in [5.41, 5.74) is 3.80. The third-order valence-corrected chi connectivity index (χ3v) is 7.24. The summed E-state index contributed by atoms with van der Waals surface area (Å²) < 4.78 is 29.8. The van der Waals surface area contributed by atoms with Gasteiger partial charge >= 0.3 is 0 Å². The number of aryl methyl sites for hydroxylation is 2. The summed E-state index contributed by atoms with van der Waals surface area (Å²) >= 11 is 0. The Morgan fingerprint density at radius 3 is 2.00 bits per heavy atom. The molecule has 4 aromatic carbocycles. The van der Waals surface area contributed by atoms with E-state index in [-0.39, 0.29) is 10.9 Å². The van der Waals surface area contributed by atoms with Crippen LogP contribution >= 0.6 is 0 Å². The lowest BCUT2D eigenvalue weighted by Gasteiger charge is -2.30. The van der Waals surface area contributed by atoms with Crippen LogP contribution in [0.3, 0.4) is 0 Å². The first-order valence-electron chi connectivity index (χ1n) is 11.6. The number of hydrogen-bond donors (Lipinski definition) is 2. The second-order valence-electron chi connectivity index (χ2n) is 8.37. The minimum atomic E-state index is -3.76. The molecule has 35 heavy (non-hydrogen) atoms. The first-order chi connectivity index (χ1) is 17.0. The maximum Gasteiger partial charge on any atom is 0.241 e. The van der Waals surface area contributed by atoms with Gasteiger partial charge in [-0.3, -0.25) is 0 Å². The third kappa shape index (κ3) is 6.72. The van der Waals surface area contributed by atoms with E-state index in [1.54, 1.807) is 12.1 Å². The van der Waals surface area contributed by atoms with Gasteiger partial charge in [-0.1, -0.05) is 90.5 Å². The molecule has 0 spiro atoms. The largest absolute Gasteiger partial charge is 0.308 e. The second-order valence-corrected chi connectivity index (χ2v) is 10.1. The molecule has 0 aromatic heterocycles. The van der Waals surface area contributed by atoms with E-state index in [0.29, 0.717) is 6.54 Å². The molecule has 0 aliphatic rings. The predicted molar refractivity (Wildman–Crippen MR) is 137 cm³/mol. The van der Waals surface area contributed by atoms with Crippen molar-refractivity contribution in [2.24, 2.45) is 0 Å². The molecular weight excluding hydrogens is 452 g/mol. The zero-order valence-corrected chi connectivity index (χ0v) is 20.4. The average molecular weight is 480 g/mol. The van der Waals surface area contributed by atoms with Crippen molar-refractivity contribution < 1.29 is 8.42 Å². The van der Waals surface area contributed by atoms with Crippen LogP contribution in [0, 0.1) is 37.3 Å². The highest BCUT2D eigenvalue weighted by Crippen LogP contribution is 2.31. The lowest BCUT2D eigenvalue weighted by atomic mass is 9.94. The number of rotatable bonds is 11. The maximum atomic E-state index is 13.4. The van der Waals surface area contributed by atoms with Crippen molar-refractivity contribution in [1.29, 1.82) is 0 Å². The predicted octanol–water partition coefficient (Wildman–Crippen LogP) is 4.98. The minimum absolute atomic E-state index is 0.246. The Morgan fingerprint density at radius 2 is 1.40 bits per heavy atom. The fourth-order valence-corrected chi connectivity index (χ4v) is 5.19. The number of nitrogens with one attached hydrogen (secondary N) is 2. The first-order valence-corrected chi connectivity index (χ1v) is 13.1. The molecule has 2 atom stereocenters.